The Balaban J connectivity index is 2.19. The molecule has 0 aliphatic carbocycles. The number of benzene rings is 1. The van der Waals surface area contributed by atoms with Crippen molar-refractivity contribution < 1.29 is 14.5 Å². The lowest BCUT2D eigenvalue weighted by Gasteiger charge is -2.18. The minimum atomic E-state index is -0.878. The number of carbonyl (C=O) groups is 1. The maximum atomic E-state index is 11.8. The van der Waals surface area contributed by atoms with E-state index in [1.807, 2.05) is 32.9 Å². The van der Waals surface area contributed by atoms with E-state index in [2.05, 4.69) is 5.32 Å². The van der Waals surface area contributed by atoms with Crippen LogP contribution < -0.4 is 10.8 Å². The fourth-order valence-corrected chi connectivity index (χ4v) is 1.61. The molecule has 1 heterocycles. The van der Waals surface area contributed by atoms with Gasteiger partial charge in [0.25, 0.3) is 0 Å². The van der Waals surface area contributed by atoms with Gasteiger partial charge in [0, 0.05) is 11.1 Å². The standard InChI is InChI=1S/C12H16BNO3/c1-12(2,3)11(15)14-9-5-4-8-7-17-13(16)10(8)6-9/h4-6,16H,7H2,1-3H3,(H,14,15). The quantitative estimate of drug-likeness (QED) is 0.708. The molecule has 2 N–H and O–H groups in total. The van der Waals surface area contributed by atoms with E-state index in [4.69, 9.17) is 4.65 Å². The zero-order valence-electron chi connectivity index (χ0n) is 10.3. The summed E-state index contributed by atoms with van der Waals surface area (Å²) in [7, 11) is -0.878. The van der Waals surface area contributed by atoms with Gasteiger partial charge in [0.15, 0.2) is 0 Å². The summed E-state index contributed by atoms with van der Waals surface area (Å²) in [6, 6.07) is 5.45. The van der Waals surface area contributed by atoms with Gasteiger partial charge in [-0.1, -0.05) is 26.8 Å². The summed E-state index contributed by atoms with van der Waals surface area (Å²) >= 11 is 0. The summed E-state index contributed by atoms with van der Waals surface area (Å²) in [4.78, 5) is 11.8. The normalized spacial score (nSPS) is 14.7. The molecule has 0 atom stereocenters. The van der Waals surface area contributed by atoms with Gasteiger partial charge in [-0.3, -0.25) is 4.79 Å². The first kappa shape index (κ1) is 12.1. The Labute approximate surface area is 101 Å². The van der Waals surface area contributed by atoms with E-state index >= 15 is 0 Å². The summed E-state index contributed by atoms with van der Waals surface area (Å²) in [5, 5.41) is 12.4. The number of fused-ring (bicyclic) bond motifs is 1. The van der Waals surface area contributed by atoms with Crippen molar-refractivity contribution in [2.24, 2.45) is 5.41 Å². The summed E-state index contributed by atoms with van der Waals surface area (Å²) < 4.78 is 5.09. The number of anilines is 1. The van der Waals surface area contributed by atoms with Crippen molar-refractivity contribution >= 4 is 24.2 Å². The highest BCUT2D eigenvalue weighted by Gasteiger charge is 2.28. The first-order valence-electron chi connectivity index (χ1n) is 5.62. The minimum Gasteiger partial charge on any atom is -0.423 e. The highest BCUT2D eigenvalue weighted by Crippen LogP contribution is 2.19. The van der Waals surface area contributed by atoms with Crippen molar-refractivity contribution in [3.8, 4) is 0 Å². The van der Waals surface area contributed by atoms with Crippen LogP contribution in [0.15, 0.2) is 18.2 Å². The molecule has 90 valence electrons. The third kappa shape index (κ3) is 2.51. The number of nitrogens with one attached hydrogen (secondary N) is 1. The fourth-order valence-electron chi connectivity index (χ4n) is 1.61. The van der Waals surface area contributed by atoms with E-state index < -0.39 is 12.5 Å². The van der Waals surface area contributed by atoms with Crippen molar-refractivity contribution in [3.05, 3.63) is 23.8 Å². The molecule has 1 aliphatic heterocycles. The maximum Gasteiger partial charge on any atom is 0.491 e. The number of amides is 1. The zero-order valence-corrected chi connectivity index (χ0v) is 10.3. The molecule has 17 heavy (non-hydrogen) atoms. The average molecular weight is 233 g/mol. The molecule has 1 amide bonds. The van der Waals surface area contributed by atoms with Crippen molar-refractivity contribution in [3.63, 3.8) is 0 Å². The molecule has 0 unspecified atom stereocenters. The van der Waals surface area contributed by atoms with Crippen molar-refractivity contribution in [2.45, 2.75) is 27.4 Å². The van der Waals surface area contributed by atoms with Gasteiger partial charge >= 0.3 is 7.12 Å². The Morgan fingerprint density at radius 3 is 2.82 bits per heavy atom. The van der Waals surface area contributed by atoms with Crippen LogP contribution in [0.5, 0.6) is 0 Å². The Morgan fingerprint density at radius 1 is 1.47 bits per heavy atom. The van der Waals surface area contributed by atoms with Gasteiger partial charge in [-0.15, -0.1) is 0 Å². The predicted molar refractivity (Wildman–Crippen MR) is 66.9 cm³/mol. The van der Waals surface area contributed by atoms with E-state index in [9.17, 15) is 9.82 Å². The Hall–Kier alpha value is -1.33. The second kappa shape index (κ2) is 4.16. The summed E-state index contributed by atoms with van der Waals surface area (Å²) in [5.41, 5.74) is 1.95. The molecule has 0 saturated heterocycles. The van der Waals surface area contributed by atoms with Crippen molar-refractivity contribution in [1.29, 1.82) is 0 Å². The number of hydrogen-bond acceptors (Lipinski definition) is 3. The molecule has 5 heteroatoms. The average Bonchev–Trinajstić information content (AvgIpc) is 2.59. The van der Waals surface area contributed by atoms with Gasteiger partial charge in [0.2, 0.25) is 5.91 Å². The molecule has 1 aliphatic rings. The van der Waals surface area contributed by atoms with Crippen LogP contribution in [0.4, 0.5) is 5.69 Å². The number of carbonyl (C=O) groups excluding carboxylic acids is 1. The lowest BCUT2D eigenvalue weighted by Crippen LogP contribution is -2.30. The first-order chi connectivity index (χ1) is 7.88. The van der Waals surface area contributed by atoms with Crippen LogP contribution in [0.1, 0.15) is 26.3 Å². The molecule has 1 aromatic carbocycles. The van der Waals surface area contributed by atoms with Gasteiger partial charge in [-0.2, -0.15) is 0 Å². The molecule has 1 aromatic rings. The first-order valence-corrected chi connectivity index (χ1v) is 5.62. The molecule has 0 saturated carbocycles. The van der Waals surface area contributed by atoms with Gasteiger partial charge in [-0.25, -0.2) is 0 Å². The van der Waals surface area contributed by atoms with Crippen LogP contribution in [0, 0.1) is 5.41 Å². The lowest BCUT2D eigenvalue weighted by molar-refractivity contribution is -0.123. The molecule has 0 spiro atoms. The molecule has 2 rings (SSSR count). The largest absolute Gasteiger partial charge is 0.491 e. The lowest BCUT2D eigenvalue weighted by atomic mass is 9.79. The second-order valence-corrected chi connectivity index (χ2v) is 5.28. The fraction of sp³-hybridized carbons (Fsp3) is 0.417. The molecular formula is C12H16BNO3. The molecular weight excluding hydrogens is 217 g/mol. The van der Waals surface area contributed by atoms with Crippen molar-refractivity contribution in [1.82, 2.24) is 0 Å². The third-order valence-electron chi connectivity index (χ3n) is 2.75. The van der Waals surface area contributed by atoms with E-state index in [1.165, 1.54) is 0 Å². The van der Waals surface area contributed by atoms with E-state index in [-0.39, 0.29) is 5.91 Å². The van der Waals surface area contributed by atoms with Crippen LogP contribution in [-0.4, -0.2) is 18.0 Å². The van der Waals surface area contributed by atoms with Gasteiger partial charge in [-0.05, 0) is 23.2 Å². The van der Waals surface area contributed by atoms with Crippen molar-refractivity contribution in [2.75, 3.05) is 5.32 Å². The molecule has 0 fully saturated rings. The topological polar surface area (TPSA) is 58.6 Å². The van der Waals surface area contributed by atoms with Gasteiger partial charge in [0.05, 0.1) is 6.61 Å². The summed E-state index contributed by atoms with van der Waals surface area (Å²) in [6.45, 7) is 5.99. The highest BCUT2D eigenvalue weighted by molar-refractivity contribution is 6.61. The van der Waals surface area contributed by atoms with Crippen LogP contribution in [-0.2, 0) is 16.1 Å². The molecule has 0 aromatic heterocycles. The van der Waals surface area contributed by atoms with Crippen LogP contribution in [0.25, 0.3) is 0 Å². The van der Waals surface area contributed by atoms with E-state index in [0.29, 0.717) is 12.3 Å². The maximum absolute atomic E-state index is 11.8. The van der Waals surface area contributed by atoms with E-state index in [0.717, 1.165) is 11.0 Å². The summed E-state index contributed by atoms with van der Waals surface area (Å²) in [6.07, 6.45) is 0. The monoisotopic (exact) mass is 233 g/mol. The molecule has 0 radical (unpaired) electrons. The van der Waals surface area contributed by atoms with Crippen LogP contribution >= 0.6 is 0 Å². The number of hydrogen-bond donors (Lipinski definition) is 2. The predicted octanol–water partition coefficient (Wildman–Crippen LogP) is 0.889. The third-order valence-corrected chi connectivity index (χ3v) is 2.75. The van der Waals surface area contributed by atoms with Crippen LogP contribution in [0.3, 0.4) is 0 Å². The SMILES string of the molecule is CC(C)(C)C(=O)Nc1ccc2c(c1)B(O)OC2. The molecule has 0 bridgehead atoms. The van der Waals surface area contributed by atoms with Gasteiger partial charge < -0.3 is 15.0 Å². The number of rotatable bonds is 1. The van der Waals surface area contributed by atoms with Gasteiger partial charge in [0.1, 0.15) is 0 Å². The van der Waals surface area contributed by atoms with E-state index in [1.54, 1.807) is 6.07 Å². The molecule has 4 nitrogen and oxygen atoms in total. The Morgan fingerprint density at radius 2 is 2.18 bits per heavy atom. The second-order valence-electron chi connectivity index (χ2n) is 5.28. The Bertz CT molecular complexity index is 454. The zero-order chi connectivity index (χ0) is 12.6. The summed E-state index contributed by atoms with van der Waals surface area (Å²) in [5.74, 6) is -0.0501. The highest BCUT2D eigenvalue weighted by atomic mass is 16.5. The smallest absolute Gasteiger partial charge is 0.423 e. The Kier molecular flexibility index (Phi) is 2.97. The van der Waals surface area contributed by atoms with Crippen LogP contribution in [0.2, 0.25) is 0 Å². The minimum absolute atomic E-state index is 0.0501.